The lowest BCUT2D eigenvalue weighted by Crippen LogP contribution is -2.21. The normalized spacial score (nSPS) is 10.6. The van der Waals surface area contributed by atoms with Gasteiger partial charge in [-0.15, -0.1) is 23.1 Å². The lowest BCUT2D eigenvalue weighted by Gasteiger charge is -2.11. The highest BCUT2D eigenvalue weighted by Gasteiger charge is 2.12. The molecule has 3 aromatic rings. The first kappa shape index (κ1) is 21.1. The molecule has 29 heavy (non-hydrogen) atoms. The van der Waals surface area contributed by atoms with E-state index in [4.69, 9.17) is 4.74 Å². The van der Waals surface area contributed by atoms with E-state index in [1.807, 2.05) is 51.1 Å². The molecule has 0 aliphatic rings. The number of anilines is 1. The van der Waals surface area contributed by atoms with Crippen LogP contribution < -0.4 is 5.32 Å². The number of para-hydroxylation sites is 1. The number of aromatic nitrogens is 1. The van der Waals surface area contributed by atoms with E-state index in [1.54, 1.807) is 35.2 Å². The van der Waals surface area contributed by atoms with Gasteiger partial charge in [-0.25, -0.2) is 9.78 Å². The number of aryl methyl sites for hydroxylation is 3. The van der Waals surface area contributed by atoms with Crippen molar-refractivity contribution in [2.75, 3.05) is 11.9 Å². The Hall–Kier alpha value is -2.64. The van der Waals surface area contributed by atoms with E-state index in [0.717, 1.165) is 38.2 Å². The van der Waals surface area contributed by atoms with Crippen LogP contribution in [0.3, 0.4) is 0 Å². The first-order valence-electron chi connectivity index (χ1n) is 9.09. The predicted octanol–water partition coefficient (Wildman–Crippen LogP) is 5.16. The van der Waals surface area contributed by atoms with Gasteiger partial charge in [-0.3, -0.25) is 4.79 Å². The molecule has 0 radical (unpaired) electrons. The quantitative estimate of drug-likeness (QED) is 0.418. The lowest BCUT2D eigenvalue weighted by molar-refractivity contribution is -0.119. The number of esters is 1. The summed E-state index contributed by atoms with van der Waals surface area (Å²) < 4.78 is 5.15. The zero-order valence-electron chi connectivity index (χ0n) is 16.5. The maximum absolute atomic E-state index is 12.2. The molecular weight excluding hydrogens is 404 g/mol. The number of thiazole rings is 1. The summed E-state index contributed by atoms with van der Waals surface area (Å²) in [5.41, 5.74) is 4.15. The number of carbonyl (C=O) groups is 2. The minimum atomic E-state index is -0.520. The summed E-state index contributed by atoms with van der Waals surface area (Å²) in [5.74, 6) is -0.0955. The van der Waals surface area contributed by atoms with Gasteiger partial charge in [0.05, 0.1) is 16.3 Å². The third-order valence-corrected chi connectivity index (χ3v) is 6.09. The molecule has 0 spiro atoms. The number of thioether (sulfide) groups is 1. The molecule has 2 aromatic carbocycles. The van der Waals surface area contributed by atoms with Crippen LogP contribution >= 0.6 is 23.1 Å². The van der Waals surface area contributed by atoms with Crippen molar-refractivity contribution in [2.45, 2.75) is 31.4 Å². The van der Waals surface area contributed by atoms with Crippen LogP contribution in [0.5, 0.6) is 0 Å². The van der Waals surface area contributed by atoms with Crippen LogP contribution in [0.25, 0.3) is 0 Å². The molecule has 0 atom stereocenters. The maximum Gasteiger partial charge on any atom is 0.338 e. The highest BCUT2D eigenvalue weighted by Crippen LogP contribution is 2.24. The second-order valence-electron chi connectivity index (χ2n) is 6.56. The van der Waals surface area contributed by atoms with Crippen LogP contribution in [0.1, 0.15) is 32.2 Å². The second kappa shape index (κ2) is 9.71. The zero-order chi connectivity index (χ0) is 20.8. The fourth-order valence-corrected chi connectivity index (χ4v) is 4.23. The summed E-state index contributed by atoms with van der Waals surface area (Å²) >= 11 is 3.29. The first-order chi connectivity index (χ1) is 13.9. The number of carbonyl (C=O) groups excluding carboxylic acids is 2. The Bertz CT molecular complexity index is 993. The fourth-order valence-electron chi connectivity index (χ4n) is 2.72. The van der Waals surface area contributed by atoms with Crippen LogP contribution in [-0.2, 0) is 15.3 Å². The molecule has 0 fully saturated rings. The molecule has 0 saturated carbocycles. The Morgan fingerprint density at radius 2 is 1.76 bits per heavy atom. The number of nitrogens with one attached hydrogen (secondary N) is 1. The van der Waals surface area contributed by atoms with Gasteiger partial charge in [-0.05, 0) is 56.2 Å². The molecule has 1 amide bonds. The Kier molecular flexibility index (Phi) is 7.06. The maximum atomic E-state index is 12.2. The van der Waals surface area contributed by atoms with Crippen LogP contribution in [0.4, 0.5) is 5.69 Å². The van der Waals surface area contributed by atoms with Crippen LogP contribution in [0.2, 0.25) is 0 Å². The summed E-state index contributed by atoms with van der Waals surface area (Å²) in [7, 11) is 0. The summed E-state index contributed by atoms with van der Waals surface area (Å²) in [5, 5.41) is 5.91. The molecule has 0 saturated heterocycles. The third-order valence-electron chi connectivity index (χ3n) is 4.22. The van der Waals surface area contributed by atoms with Crippen molar-refractivity contribution in [3.63, 3.8) is 0 Å². The molecule has 0 unspecified atom stereocenters. The largest absolute Gasteiger partial charge is 0.452 e. The smallest absolute Gasteiger partial charge is 0.338 e. The molecule has 1 heterocycles. The molecule has 7 heteroatoms. The third kappa shape index (κ3) is 5.92. The molecule has 0 aliphatic heterocycles. The monoisotopic (exact) mass is 426 g/mol. The van der Waals surface area contributed by atoms with E-state index in [1.165, 1.54) is 0 Å². The lowest BCUT2D eigenvalue weighted by atomic mass is 10.1. The minimum Gasteiger partial charge on any atom is -0.452 e. The Morgan fingerprint density at radius 1 is 1.07 bits per heavy atom. The van der Waals surface area contributed by atoms with E-state index in [0.29, 0.717) is 5.56 Å². The number of amides is 1. The van der Waals surface area contributed by atoms with Gasteiger partial charge >= 0.3 is 5.97 Å². The standard InChI is InChI=1S/C22H22N2O3S2/c1-14-5-4-6-15(2)21(14)24-20(25)11-27-22(26)17-7-9-19(10-8-17)29-13-18-12-28-16(3)23-18/h4-10,12H,11,13H2,1-3H3,(H,24,25). The SMILES string of the molecule is Cc1nc(CSc2ccc(C(=O)OCC(=O)Nc3c(C)cccc3C)cc2)cs1. The molecule has 0 aliphatic carbocycles. The van der Waals surface area contributed by atoms with Crippen molar-refractivity contribution in [3.05, 3.63) is 75.2 Å². The van der Waals surface area contributed by atoms with E-state index < -0.39 is 5.97 Å². The number of ether oxygens (including phenoxy) is 1. The highest BCUT2D eigenvalue weighted by atomic mass is 32.2. The van der Waals surface area contributed by atoms with Crippen molar-refractivity contribution in [3.8, 4) is 0 Å². The number of hydrogen-bond acceptors (Lipinski definition) is 6. The topological polar surface area (TPSA) is 68.3 Å². The van der Waals surface area contributed by atoms with E-state index in [-0.39, 0.29) is 12.5 Å². The molecule has 1 aromatic heterocycles. The summed E-state index contributed by atoms with van der Waals surface area (Å²) in [6.45, 7) is 5.50. The Labute approximate surface area is 178 Å². The van der Waals surface area contributed by atoms with Gasteiger partial charge in [0.1, 0.15) is 0 Å². The first-order valence-corrected chi connectivity index (χ1v) is 11.0. The van der Waals surface area contributed by atoms with Gasteiger partial charge in [-0.1, -0.05) is 18.2 Å². The van der Waals surface area contributed by atoms with Gasteiger partial charge in [0, 0.05) is 21.7 Å². The van der Waals surface area contributed by atoms with Gasteiger partial charge in [-0.2, -0.15) is 0 Å². The van der Waals surface area contributed by atoms with Gasteiger partial charge in [0.15, 0.2) is 6.61 Å². The summed E-state index contributed by atoms with van der Waals surface area (Å²) in [4.78, 5) is 29.8. The zero-order valence-corrected chi connectivity index (χ0v) is 18.2. The van der Waals surface area contributed by atoms with Crippen molar-refractivity contribution in [1.29, 1.82) is 0 Å². The van der Waals surface area contributed by atoms with E-state index >= 15 is 0 Å². The highest BCUT2D eigenvalue weighted by molar-refractivity contribution is 7.98. The molecule has 1 N–H and O–H groups in total. The number of nitrogens with zero attached hydrogens (tertiary/aromatic N) is 1. The molecule has 150 valence electrons. The summed E-state index contributed by atoms with van der Waals surface area (Å²) in [6.07, 6.45) is 0. The Morgan fingerprint density at radius 3 is 2.38 bits per heavy atom. The second-order valence-corrected chi connectivity index (χ2v) is 8.67. The average molecular weight is 427 g/mol. The van der Waals surface area contributed by atoms with Crippen molar-refractivity contribution < 1.29 is 14.3 Å². The van der Waals surface area contributed by atoms with Gasteiger partial charge < -0.3 is 10.1 Å². The van der Waals surface area contributed by atoms with E-state index in [2.05, 4.69) is 15.7 Å². The molecule has 5 nitrogen and oxygen atoms in total. The van der Waals surface area contributed by atoms with Crippen LogP contribution in [0.15, 0.2) is 52.7 Å². The molecule has 3 rings (SSSR count). The van der Waals surface area contributed by atoms with Gasteiger partial charge in [0.2, 0.25) is 0 Å². The van der Waals surface area contributed by atoms with Crippen LogP contribution in [-0.4, -0.2) is 23.5 Å². The van der Waals surface area contributed by atoms with Crippen molar-refractivity contribution in [2.24, 2.45) is 0 Å². The van der Waals surface area contributed by atoms with E-state index in [9.17, 15) is 9.59 Å². The predicted molar refractivity (Wildman–Crippen MR) is 118 cm³/mol. The number of rotatable bonds is 7. The van der Waals surface area contributed by atoms with Crippen molar-refractivity contribution >= 4 is 40.7 Å². The minimum absolute atomic E-state index is 0.327. The average Bonchev–Trinajstić information content (AvgIpc) is 3.13. The summed E-state index contributed by atoms with van der Waals surface area (Å²) in [6, 6.07) is 12.9. The van der Waals surface area contributed by atoms with Crippen LogP contribution in [0, 0.1) is 20.8 Å². The fraction of sp³-hybridized carbons (Fsp3) is 0.227. The van der Waals surface area contributed by atoms with Gasteiger partial charge in [0.25, 0.3) is 5.91 Å². The number of hydrogen-bond donors (Lipinski definition) is 1. The van der Waals surface area contributed by atoms with Crippen molar-refractivity contribution in [1.82, 2.24) is 4.98 Å². The Balaban J connectivity index is 1.49. The number of benzene rings is 2. The molecule has 0 bridgehead atoms. The molecular formula is C22H22N2O3S2.